The molecular weight excluding hydrogens is 397 g/mol. The lowest BCUT2D eigenvalue weighted by molar-refractivity contribution is -0.147. The number of halogens is 2. The summed E-state index contributed by atoms with van der Waals surface area (Å²) in [6.45, 7) is 2.49. The average molecular weight is 429 g/mol. The molecule has 1 aliphatic heterocycles. The van der Waals surface area contributed by atoms with Crippen LogP contribution in [-0.2, 0) is 11.2 Å². The maximum atomic E-state index is 13.2. The number of unbranched alkanes of at least 4 members (excludes halogenated alkanes) is 1. The molecule has 1 aromatic rings. The van der Waals surface area contributed by atoms with Crippen LogP contribution in [0.1, 0.15) is 44.1 Å². The van der Waals surface area contributed by atoms with Crippen LogP contribution >= 0.6 is 11.6 Å². The summed E-state index contributed by atoms with van der Waals surface area (Å²) in [5.74, 6) is -1.48. The molecule has 0 bridgehead atoms. The van der Waals surface area contributed by atoms with Gasteiger partial charge in [0, 0.05) is 0 Å². The van der Waals surface area contributed by atoms with Crippen molar-refractivity contribution in [1.82, 2.24) is 4.90 Å². The molecule has 1 atom stereocenters. The van der Waals surface area contributed by atoms with Crippen LogP contribution < -0.4 is 5.73 Å². The van der Waals surface area contributed by atoms with Crippen molar-refractivity contribution in [1.29, 1.82) is 0 Å². The topological polar surface area (TPSA) is 107 Å². The van der Waals surface area contributed by atoms with Crippen LogP contribution in [-0.4, -0.2) is 58.3 Å². The van der Waals surface area contributed by atoms with Crippen molar-refractivity contribution < 1.29 is 24.3 Å². The predicted molar refractivity (Wildman–Crippen MR) is 112 cm³/mol. The van der Waals surface area contributed by atoms with E-state index < -0.39 is 24.4 Å². The van der Waals surface area contributed by atoms with Crippen molar-refractivity contribution in [3.63, 3.8) is 0 Å². The van der Waals surface area contributed by atoms with E-state index in [0.717, 1.165) is 50.9 Å². The summed E-state index contributed by atoms with van der Waals surface area (Å²) in [5.41, 5.74) is 6.03. The number of hydrogen-bond acceptors (Lipinski definition) is 5. The molecule has 0 radical (unpaired) electrons. The monoisotopic (exact) mass is 428 g/mol. The molecule has 0 spiro atoms. The Morgan fingerprint density at radius 2 is 1.97 bits per heavy atom. The van der Waals surface area contributed by atoms with E-state index in [-0.39, 0.29) is 17.3 Å². The Labute approximate surface area is 177 Å². The number of hydrogen-bond donors (Lipinski definition) is 4. The van der Waals surface area contributed by atoms with Gasteiger partial charge in [-0.2, -0.15) is 0 Å². The summed E-state index contributed by atoms with van der Waals surface area (Å²) in [6.07, 6.45) is 4.85. The van der Waals surface area contributed by atoms with Gasteiger partial charge in [-0.15, -0.1) is 0 Å². The van der Waals surface area contributed by atoms with Crippen molar-refractivity contribution in [2.75, 3.05) is 19.6 Å². The molecule has 1 fully saturated rings. The van der Waals surface area contributed by atoms with Gasteiger partial charge in [-0.3, -0.25) is 4.79 Å². The Morgan fingerprint density at radius 3 is 2.55 bits per heavy atom. The fraction of sp³-hybridized carbons (Fsp3) is 0.650. The van der Waals surface area contributed by atoms with E-state index in [2.05, 4.69) is 4.90 Å². The van der Waals surface area contributed by atoms with Crippen molar-refractivity contribution in [3.05, 3.63) is 34.6 Å². The predicted octanol–water partition coefficient (Wildman–Crippen LogP) is 2.55. The Bertz CT molecular complexity index is 674. The van der Waals surface area contributed by atoms with Gasteiger partial charge in [0.15, 0.2) is 0 Å². The lowest BCUT2D eigenvalue weighted by Crippen LogP contribution is -2.57. The molecule has 1 heterocycles. The zero-order valence-electron chi connectivity index (χ0n) is 16.7. The molecule has 1 aliphatic rings. The maximum absolute atomic E-state index is 13.2. The first-order valence-corrected chi connectivity index (χ1v) is 10.6. The van der Waals surface area contributed by atoms with Gasteiger partial charge < -0.3 is 25.8 Å². The summed E-state index contributed by atoms with van der Waals surface area (Å²) < 4.78 is 13.2. The third-order valence-electron chi connectivity index (χ3n) is 5.94. The number of aliphatic carboxylic acids is 1. The summed E-state index contributed by atoms with van der Waals surface area (Å²) >= 11 is 5.82. The van der Waals surface area contributed by atoms with Gasteiger partial charge >= 0.3 is 13.1 Å². The van der Waals surface area contributed by atoms with Gasteiger partial charge in [-0.05, 0) is 81.7 Å². The Kier molecular flexibility index (Phi) is 9.36. The largest absolute Gasteiger partial charge is 0.480 e. The van der Waals surface area contributed by atoms with Crippen molar-refractivity contribution in [3.8, 4) is 0 Å². The van der Waals surface area contributed by atoms with E-state index >= 15 is 0 Å². The summed E-state index contributed by atoms with van der Waals surface area (Å²) in [7, 11) is -1.36. The average Bonchev–Trinajstić information content (AvgIpc) is 2.68. The molecule has 5 N–H and O–H groups in total. The minimum atomic E-state index is -1.36. The number of nitrogens with zero attached hydrogens (tertiary/aromatic N) is 1. The number of likely N-dealkylation sites (tertiary alicyclic amines) is 1. The Balaban J connectivity index is 1.76. The number of rotatable bonds is 11. The number of carboxylic acids is 1. The molecule has 1 aromatic carbocycles. The molecule has 0 saturated carbocycles. The van der Waals surface area contributed by atoms with Crippen LogP contribution in [0.15, 0.2) is 18.2 Å². The van der Waals surface area contributed by atoms with Gasteiger partial charge in [0.25, 0.3) is 0 Å². The van der Waals surface area contributed by atoms with Gasteiger partial charge in [-0.25, -0.2) is 4.39 Å². The van der Waals surface area contributed by atoms with Crippen LogP contribution in [0.4, 0.5) is 4.39 Å². The highest BCUT2D eigenvalue weighted by molar-refractivity contribution is 6.40. The number of piperidine rings is 1. The van der Waals surface area contributed by atoms with Crippen LogP contribution in [0, 0.1) is 11.7 Å². The summed E-state index contributed by atoms with van der Waals surface area (Å²) in [4.78, 5) is 14.1. The first kappa shape index (κ1) is 24.1. The van der Waals surface area contributed by atoms with Crippen LogP contribution in [0.3, 0.4) is 0 Å². The van der Waals surface area contributed by atoms with E-state index in [1.807, 2.05) is 0 Å². The van der Waals surface area contributed by atoms with E-state index in [0.29, 0.717) is 19.3 Å². The number of nitrogens with two attached hydrogens (primary N) is 1. The fourth-order valence-electron chi connectivity index (χ4n) is 4.10. The van der Waals surface area contributed by atoms with E-state index in [1.165, 1.54) is 6.07 Å². The molecule has 9 heteroatoms. The molecular formula is C20H31BClFN2O4. The minimum absolute atomic E-state index is 0.0915. The first-order valence-electron chi connectivity index (χ1n) is 10.3. The molecule has 6 nitrogen and oxygen atoms in total. The van der Waals surface area contributed by atoms with Gasteiger partial charge in [0.1, 0.15) is 11.4 Å². The number of carbonyl (C=O) groups is 1. The lowest BCUT2D eigenvalue weighted by atomic mass is 9.74. The smallest absolute Gasteiger partial charge is 0.451 e. The highest BCUT2D eigenvalue weighted by Crippen LogP contribution is 2.31. The highest BCUT2D eigenvalue weighted by Gasteiger charge is 2.42. The molecule has 29 heavy (non-hydrogen) atoms. The molecule has 0 aromatic heterocycles. The van der Waals surface area contributed by atoms with Gasteiger partial charge in [0.2, 0.25) is 0 Å². The summed E-state index contributed by atoms with van der Waals surface area (Å²) in [5, 5.41) is 27.7. The normalized spacial score (nSPS) is 17.8. The minimum Gasteiger partial charge on any atom is -0.480 e. The number of carboxylic acid groups (broad SMARTS) is 1. The van der Waals surface area contributed by atoms with Gasteiger partial charge in [-0.1, -0.05) is 30.5 Å². The second-order valence-electron chi connectivity index (χ2n) is 8.04. The standard InChI is InChI=1S/C20H31BClFN2O4/c22-17-14-15(5-6-18(17)23)4-3-11-25-12-7-16(8-13-25)20(24,19(26)27)9-1-2-10-21(28)29/h5-6,14,16,28-29H,1-4,7-13,24H2,(H,26,27). The van der Waals surface area contributed by atoms with Crippen molar-refractivity contribution in [2.24, 2.45) is 11.7 Å². The van der Waals surface area contributed by atoms with Crippen LogP contribution in [0.2, 0.25) is 11.3 Å². The number of aryl methyl sites for hydroxylation is 1. The maximum Gasteiger partial charge on any atom is 0.451 e. The third-order valence-corrected chi connectivity index (χ3v) is 6.23. The molecule has 1 unspecified atom stereocenters. The number of benzene rings is 1. The third kappa shape index (κ3) is 7.22. The fourth-order valence-corrected chi connectivity index (χ4v) is 4.31. The second kappa shape index (κ2) is 11.3. The molecule has 162 valence electrons. The summed E-state index contributed by atoms with van der Waals surface area (Å²) in [6, 6.07) is 4.80. The van der Waals surface area contributed by atoms with Crippen LogP contribution in [0.5, 0.6) is 0 Å². The highest BCUT2D eigenvalue weighted by atomic mass is 35.5. The molecule has 2 rings (SSSR count). The molecule has 0 amide bonds. The second-order valence-corrected chi connectivity index (χ2v) is 8.45. The quantitative estimate of drug-likeness (QED) is 0.319. The first-order chi connectivity index (χ1) is 13.7. The SMILES string of the molecule is NC(CCCCB(O)O)(C(=O)O)C1CCN(CCCc2ccc(F)c(Cl)c2)CC1. The van der Waals surface area contributed by atoms with E-state index in [4.69, 9.17) is 27.4 Å². The lowest BCUT2D eigenvalue weighted by Gasteiger charge is -2.40. The van der Waals surface area contributed by atoms with E-state index in [1.54, 1.807) is 12.1 Å². The zero-order valence-corrected chi connectivity index (χ0v) is 17.5. The van der Waals surface area contributed by atoms with Gasteiger partial charge in [0.05, 0.1) is 5.02 Å². The van der Waals surface area contributed by atoms with Crippen molar-refractivity contribution >= 4 is 24.7 Å². The Morgan fingerprint density at radius 1 is 1.28 bits per heavy atom. The van der Waals surface area contributed by atoms with Crippen molar-refractivity contribution in [2.45, 2.75) is 56.8 Å². The molecule has 0 aliphatic carbocycles. The Hall–Kier alpha value is -1.19. The zero-order chi connectivity index (χ0) is 21.4. The van der Waals surface area contributed by atoms with Crippen LogP contribution in [0.25, 0.3) is 0 Å². The molecule has 1 saturated heterocycles. The van der Waals surface area contributed by atoms with E-state index in [9.17, 15) is 14.3 Å².